The van der Waals surface area contributed by atoms with Crippen LogP contribution in [0.25, 0.3) is 22.7 Å². The van der Waals surface area contributed by atoms with Crippen LogP contribution in [0.15, 0.2) is 39.3 Å². The van der Waals surface area contributed by atoms with E-state index in [4.69, 9.17) is 8.94 Å². The molecule has 0 unspecified atom stereocenters. The third kappa shape index (κ3) is 4.72. The molecule has 1 fully saturated rings. The second kappa shape index (κ2) is 8.05. The highest BCUT2D eigenvalue weighted by Crippen LogP contribution is 2.33. The van der Waals surface area contributed by atoms with Crippen LogP contribution in [0.1, 0.15) is 24.5 Å². The molecule has 29 heavy (non-hydrogen) atoms. The number of rotatable bonds is 6. The van der Waals surface area contributed by atoms with Crippen LogP contribution in [0, 0.1) is 6.92 Å². The Morgan fingerprint density at radius 1 is 1.17 bits per heavy atom. The molecule has 1 N–H and O–H groups in total. The first-order chi connectivity index (χ1) is 13.9. The Morgan fingerprint density at radius 3 is 2.59 bits per heavy atom. The van der Waals surface area contributed by atoms with Crippen molar-refractivity contribution in [3.8, 4) is 22.7 Å². The lowest BCUT2D eigenvalue weighted by atomic mass is 10.1. The quantitative estimate of drug-likeness (QED) is 0.649. The minimum absolute atomic E-state index is 0.0208. The highest BCUT2D eigenvalue weighted by molar-refractivity contribution is 7.88. The van der Waals surface area contributed by atoms with E-state index in [0.717, 1.165) is 31.5 Å². The van der Waals surface area contributed by atoms with Gasteiger partial charge in [0.2, 0.25) is 15.9 Å². The highest BCUT2D eigenvalue weighted by Gasteiger charge is 2.25. The number of nitrogens with one attached hydrogen (secondary N) is 1. The minimum Gasteiger partial charge on any atom is -0.419 e. The van der Waals surface area contributed by atoms with Gasteiger partial charge in [-0.05, 0) is 19.8 Å². The predicted molar refractivity (Wildman–Crippen MR) is 106 cm³/mol. The van der Waals surface area contributed by atoms with Crippen LogP contribution in [0.2, 0.25) is 0 Å². The number of hydrogen-bond donors (Lipinski definition) is 1. The number of benzene rings is 1. The summed E-state index contributed by atoms with van der Waals surface area (Å²) >= 11 is 0. The van der Waals surface area contributed by atoms with Gasteiger partial charge in [0.25, 0.3) is 5.89 Å². The van der Waals surface area contributed by atoms with Crippen molar-refractivity contribution < 1.29 is 17.4 Å². The van der Waals surface area contributed by atoms with Gasteiger partial charge in [-0.3, -0.25) is 4.90 Å². The fourth-order valence-electron chi connectivity index (χ4n) is 3.54. The normalized spacial score (nSPS) is 16.3. The number of nitrogens with zero attached hydrogens (tertiary/aromatic N) is 4. The zero-order chi connectivity index (χ0) is 20.4. The molecular weight excluding hydrogens is 394 g/mol. The molecule has 0 amide bonds. The Morgan fingerprint density at radius 2 is 1.90 bits per heavy atom. The Kier molecular flexibility index (Phi) is 5.48. The molecule has 1 aromatic carbocycles. The maximum atomic E-state index is 11.4. The Balaban J connectivity index is 1.45. The predicted octanol–water partition coefficient (Wildman–Crippen LogP) is 2.21. The minimum atomic E-state index is -3.18. The first-order valence-corrected chi connectivity index (χ1v) is 11.3. The second-order valence-corrected chi connectivity index (χ2v) is 9.05. The summed E-state index contributed by atoms with van der Waals surface area (Å²) in [5, 5.41) is 12.5. The van der Waals surface area contributed by atoms with Crippen molar-refractivity contribution in [2.75, 3.05) is 19.3 Å². The van der Waals surface area contributed by atoms with Gasteiger partial charge in [0.1, 0.15) is 17.0 Å². The van der Waals surface area contributed by atoms with Gasteiger partial charge in [0.15, 0.2) is 0 Å². The number of piperidine rings is 1. The van der Waals surface area contributed by atoms with E-state index in [2.05, 4.69) is 25.0 Å². The third-order valence-corrected chi connectivity index (χ3v) is 5.68. The maximum Gasteiger partial charge on any atom is 0.253 e. The van der Waals surface area contributed by atoms with Gasteiger partial charge in [0.05, 0.1) is 12.8 Å². The molecule has 0 saturated carbocycles. The number of likely N-dealkylation sites (tertiary alicyclic amines) is 1. The molecule has 1 aliphatic rings. The van der Waals surface area contributed by atoms with Gasteiger partial charge >= 0.3 is 0 Å². The lowest BCUT2D eigenvalue weighted by Gasteiger charge is -2.30. The van der Waals surface area contributed by atoms with Gasteiger partial charge in [-0.2, -0.15) is 0 Å². The molecule has 154 valence electrons. The molecular formula is C19H23N5O4S. The largest absolute Gasteiger partial charge is 0.419 e. The molecule has 0 spiro atoms. The van der Waals surface area contributed by atoms with E-state index in [0.29, 0.717) is 35.3 Å². The molecule has 0 radical (unpaired) electrons. The molecule has 0 bridgehead atoms. The van der Waals surface area contributed by atoms with Crippen LogP contribution in [0.5, 0.6) is 0 Å². The first kappa shape index (κ1) is 19.7. The zero-order valence-electron chi connectivity index (χ0n) is 16.3. The first-order valence-electron chi connectivity index (χ1n) is 9.43. The average Bonchev–Trinajstić information content (AvgIpc) is 3.29. The van der Waals surface area contributed by atoms with Crippen molar-refractivity contribution in [3.63, 3.8) is 0 Å². The van der Waals surface area contributed by atoms with Crippen LogP contribution < -0.4 is 4.72 Å². The van der Waals surface area contributed by atoms with Crippen molar-refractivity contribution in [1.29, 1.82) is 0 Å². The molecule has 4 rings (SSSR count). The van der Waals surface area contributed by atoms with Gasteiger partial charge in [-0.1, -0.05) is 35.5 Å². The number of aryl methyl sites for hydroxylation is 1. The van der Waals surface area contributed by atoms with E-state index >= 15 is 0 Å². The summed E-state index contributed by atoms with van der Waals surface area (Å²) in [4.78, 5) is 2.18. The van der Waals surface area contributed by atoms with Crippen molar-refractivity contribution >= 4 is 10.0 Å². The van der Waals surface area contributed by atoms with Gasteiger partial charge in [0, 0.05) is 24.7 Å². The van der Waals surface area contributed by atoms with E-state index in [1.807, 2.05) is 37.3 Å². The standard InChI is InChI=1S/C19H23N5O4S/c1-13-17(18(22-28-13)14-6-4-3-5-7-14)19-21-20-16(27-19)12-24-10-8-15(9-11-24)23-29(2,25)26/h3-7,15,23H,8-12H2,1-2H3. The van der Waals surface area contributed by atoms with Crippen LogP contribution >= 0.6 is 0 Å². The van der Waals surface area contributed by atoms with Crippen molar-refractivity contribution in [3.05, 3.63) is 42.0 Å². The summed E-state index contributed by atoms with van der Waals surface area (Å²) in [7, 11) is -3.18. The highest BCUT2D eigenvalue weighted by atomic mass is 32.2. The SMILES string of the molecule is Cc1onc(-c2ccccc2)c1-c1nnc(CN2CCC(NS(C)(=O)=O)CC2)o1. The summed E-state index contributed by atoms with van der Waals surface area (Å²) < 4.78 is 36.7. The molecule has 3 aromatic rings. The van der Waals surface area contributed by atoms with Crippen LogP contribution in [-0.4, -0.2) is 54.1 Å². The number of sulfonamides is 1. The Hall–Kier alpha value is -2.56. The Bertz CT molecular complexity index is 1070. The van der Waals surface area contributed by atoms with Crippen LogP contribution in [0.3, 0.4) is 0 Å². The molecule has 2 aromatic heterocycles. The second-order valence-electron chi connectivity index (χ2n) is 7.27. The topological polar surface area (TPSA) is 114 Å². The summed E-state index contributed by atoms with van der Waals surface area (Å²) in [6, 6.07) is 9.69. The third-order valence-electron chi connectivity index (χ3n) is 4.92. The van der Waals surface area contributed by atoms with Gasteiger partial charge in [-0.25, -0.2) is 13.1 Å². The zero-order valence-corrected chi connectivity index (χ0v) is 17.1. The van der Waals surface area contributed by atoms with Crippen LogP contribution in [-0.2, 0) is 16.6 Å². The van der Waals surface area contributed by atoms with E-state index in [1.54, 1.807) is 0 Å². The molecule has 1 aliphatic heterocycles. The van der Waals surface area contributed by atoms with Gasteiger partial charge < -0.3 is 8.94 Å². The van der Waals surface area contributed by atoms with Crippen LogP contribution in [0.4, 0.5) is 0 Å². The summed E-state index contributed by atoms with van der Waals surface area (Å²) in [5.41, 5.74) is 2.29. The molecule has 1 saturated heterocycles. The summed E-state index contributed by atoms with van der Waals surface area (Å²) in [6.07, 6.45) is 2.68. The molecule has 10 heteroatoms. The molecule has 0 aliphatic carbocycles. The van der Waals surface area contributed by atoms with E-state index in [-0.39, 0.29) is 6.04 Å². The molecule has 9 nitrogen and oxygen atoms in total. The Labute approximate surface area is 169 Å². The van der Waals surface area contributed by atoms with E-state index in [9.17, 15) is 8.42 Å². The average molecular weight is 417 g/mol. The smallest absolute Gasteiger partial charge is 0.253 e. The van der Waals surface area contributed by atoms with E-state index < -0.39 is 10.0 Å². The maximum absolute atomic E-state index is 11.4. The van der Waals surface area contributed by atoms with Crippen molar-refractivity contribution in [2.45, 2.75) is 32.4 Å². The molecule has 0 atom stereocenters. The monoisotopic (exact) mass is 417 g/mol. The lowest BCUT2D eigenvalue weighted by Crippen LogP contribution is -2.44. The number of hydrogen-bond acceptors (Lipinski definition) is 8. The summed E-state index contributed by atoms with van der Waals surface area (Å²) in [5.74, 6) is 1.51. The van der Waals surface area contributed by atoms with E-state index in [1.165, 1.54) is 6.26 Å². The lowest BCUT2D eigenvalue weighted by molar-refractivity contribution is 0.184. The fraction of sp³-hybridized carbons (Fsp3) is 0.421. The molecule has 3 heterocycles. The summed E-state index contributed by atoms with van der Waals surface area (Å²) in [6.45, 7) is 3.85. The van der Waals surface area contributed by atoms with Crippen molar-refractivity contribution in [2.24, 2.45) is 0 Å². The van der Waals surface area contributed by atoms with Crippen molar-refractivity contribution in [1.82, 2.24) is 25.0 Å². The van der Waals surface area contributed by atoms with Gasteiger partial charge in [-0.15, -0.1) is 10.2 Å². The number of aromatic nitrogens is 3. The fourth-order valence-corrected chi connectivity index (χ4v) is 4.38.